The van der Waals surface area contributed by atoms with Gasteiger partial charge in [-0.2, -0.15) is 0 Å². The minimum absolute atomic E-state index is 0.0422. The quantitative estimate of drug-likeness (QED) is 0.510. The first-order valence-electron chi connectivity index (χ1n) is 3.40. The molecule has 2 aliphatic rings. The molecule has 1 spiro atoms. The van der Waals surface area contributed by atoms with E-state index in [1.165, 1.54) is 0 Å². The largest absolute Gasteiger partial charge is 0.328 e. The van der Waals surface area contributed by atoms with E-state index >= 15 is 0 Å². The monoisotopic (exact) mass is 148 g/mol. The van der Waals surface area contributed by atoms with Crippen LogP contribution in [-0.4, -0.2) is 18.0 Å². The van der Waals surface area contributed by atoms with Crippen molar-refractivity contribution in [3.63, 3.8) is 0 Å². The molecule has 0 aromatic carbocycles. The van der Waals surface area contributed by atoms with Crippen molar-refractivity contribution in [3.05, 3.63) is 0 Å². The standard InChI is InChI=1S/C6H10F2N2/c7-6(8)4(10)5(6)1-3(9)2-5/h3-4H,1-2,9-10H2. The van der Waals surface area contributed by atoms with Crippen LogP contribution in [0.3, 0.4) is 0 Å². The van der Waals surface area contributed by atoms with Crippen molar-refractivity contribution >= 4 is 0 Å². The van der Waals surface area contributed by atoms with Crippen LogP contribution in [0.1, 0.15) is 12.8 Å². The maximum Gasteiger partial charge on any atom is 0.270 e. The third-order valence-corrected chi connectivity index (χ3v) is 2.82. The summed E-state index contributed by atoms with van der Waals surface area (Å²) in [5.74, 6) is -2.62. The Hall–Kier alpha value is -0.220. The summed E-state index contributed by atoms with van der Waals surface area (Å²) in [5, 5.41) is 0. The van der Waals surface area contributed by atoms with E-state index in [0.29, 0.717) is 12.8 Å². The first-order chi connectivity index (χ1) is 4.51. The number of hydrogen-bond acceptors (Lipinski definition) is 2. The molecule has 58 valence electrons. The Labute approximate surface area is 57.6 Å². The molecule has 2 rings (SSSR count). The average molecular weight is 148 g/mol. The lowest BCUT2D eigenvalue weighted by molar-refractivity contribution is 0.0209. The van der Waals surface area contributed by atoms with E-state index in [4.69, 9.17) is 11.5 Å². The van der Waals surface area contributed by atoms with Crippen LogP contribution in [0.2, 0.25) is 0 Å². The fourth-order valence-corrected chi connectivity index (χ4v) is 1.94. The number of hydrogen-bond donors (Lipinski definition) is 2. The Kier molecular flexibility index (Phi) is 0.881. The molecule has 1 unspecified atom stereocenters. The number of alkyl halides is 2. The fraction of sp³-hybridized carbons (Fsp3) is 1.00. The summed E-state index contributed by atoms with van der Waals surface area (Å²) < 4.78 is 25.2. The van der Waals surface area contributed by atoms with Gasteiger partial charge in [0, 0.05) is 6.04 Å². The van der Waals surface area contributed by atoms with Crippen molar-refractivity contribution < 1.29 is 8.78 Å². The van der Waals surface area contributed by atoms with Crippen molar-refractivity contribution in [1.29, 1.82) is 0 Å². The molecule has 0 aromatic heterocycles. The highest BCUT2D eigenvalue weighted by Crippen LogP contribution is 2.69. The zero-order chi connectivity index (χ0) is 7.57. The molecule has 0 aromatic rings. The highest BCUT2D eigenvalue weighted by Gasteiger charge is 2.82. The first-order valence-corrected chi connectivity index (χ1v) is 3.40. The molecule has 4 N–H and O–H groups in total. The predicted molar refractivity (Wildman–Crippen MR) is 32.6 cm³/mol. The van der Waals surface area contributed by atoms with Gasteiger partial charge in [-0.15, -0.1) is 0 Å². The fourth-order valence-electron chi connectivity index (χ4n) is 1.94. The molecule has 10 heavy (non-hydrogen) atoms. The van der Waals surface area contributed by atoms with Gasteiger partial charge in [0.1, 0.15) is 0 Å². The summed E-state index contributed by atoms with van der Waals surface area (Å²) in [7, 11) is 0. The molecule has 0 saturated heterocycles. The molecule has 0 bridgehead atoms. The second kappa shape index (κ2) is 1.36. The molecule has 2 saturated carbocycles. The van der Waals surface area contributed by atoms with Crippen LogP contribution in [0.15, 0.2) is 0 Å². The Bertz CT molecular complexity index is 175. The molecule has 0 heterocycles. The lowest BCUT2D eigenvalue weighted by atomic mass is 9.76. The number of rotatable bonds is 0. The van der Waals surface area contributed by atoms with Gasteiger partial charge >= 0.3 is 0 Å². The average Bonchev–Trinajstić information content (AvgIpc) is 2.13. The summed E-state index contributed by atoms with van der Waals surface area (Å²) >= 11 is 0. The lowest BCUT2D eigenvalue weighted by Gasteiger charge is -2.32. The third-order valence-electron chi connectivity index (χ3n) is 2.82. The molecular weight excluding hydrogens is 138 g/mol. The predicted octanol–water partition coefficient (Wildman–Crippen LogP) is 0.0701. The summed E-state index contributed by atoms with van der Waals surface area (Å²) in [4.78, 5) is 0. The zero-order valence-electron chi connectivity index (χ0n) is 5.48. The molecule has 2 nitrogen and oxygen atoms in total. The molecule has 2 fully saturated rings. The molecule has 1 atom stereocenters. The van der Waals surface area contributed by atoms with Gasteiger partial charge in [0.15, 0.2) is 0 Å². The topological polar surface area (TPSA) is 52.0 Å². The molecule has 0 amide bonds. The van der Waals surface area contributed by atoms with E-state index in [-0.39, 0.29) is 6.04 Å². The Balaban J connectivity index is 2.11. The summed E-state index contributed by atoms with van der Waals surface area (Å²) in [6.07, 6.45) is 0.808. The van der Waals surface area contributed by atoms with Crippen LogP contribution in [0.4, 0.5) is 8.78 Å². The van der Waals surface area contributed by atoms with Gasteiger partial charge in [0.25, 0.3) is 5.92 Å². The van der Waals surface area contributed by atoms with Crippen LogP contribution >= 0.6 is 0 Å². The SMILES string of the molecule is NC1CC2(C1)C(N)C2(F)F. The van der Waals surface area contributed by atoms with Crippen molar-refractivity contribution in [2.75, 3.05) is 0 Å². The molecular formula is C6H10F2N2. The van der Waals surface area contributed by atoms with Gasteiger partial charge in [-0.25, -0.2) is 8.78 Å². The van der Waals surface area contributed by atoms with Crippen molar-refractivity contribution in [2.24, 2.45) is 16.9 Å². The minimum atomic E-state index is -2.62. The van der Waals surface area contributed by atoms with Crippen molar-refractivity contribution in [3.8, 4) is 0 Å². The van der Waals surface area contributed by atoms with Crippen molar-refractivity contribution in [2.45, 2.75) is 30.8 Å². The normalized spacial score (nSPS) is 56.4. The number of nitrogens with two attached hydrogens (primary N) is 2. The second-order valence-electron chi connectivity index (χ2n) is 3.43. The van der Waals surface area contributed by atoms with E-state index in [0.717, 1.165) is 0 Å². The van der Waals surface area contributed by atoms with Crippen LogP contribution in [-0.2, 0) is 0 Å². The summed E-state index contributed by atoms with van der Waals surface area (Å²) in [6.45, 7) is 0. The molecule has 0 aliphatic heterocycles. The van der Waals surface area contributed by atoms with E-state index < -0.39 is 17.4 Å². The second-order valence-corrected chi connectivity index (χ2v) is 3.43. The Morgan fingerprint density at radius 2 is 1.60 bits per heavy atom. The van der Waals surface area contributed by atoms with Crippen LogP contribution < -0.4 is 11.5 Å². The van der Waals surface area contributed by atoms with Gasteiger partial charge < -0.3 is 11.5 Å². The van der Waals surface area contributed by atoms with Crippen LogP contribution in [0, 0.1) is 5.41 Å². The highest BCUT2D eigenvalue weighted by atomic mass is 19.3. The van der Waals surface area contributed by atoms with Gasteiger partial charge in [-0.1, -0.05) is 0 Å². The van der Waals surface area contributed by atoms with Gasteiger partial charge in [0.2, 0.25) is 0 Å². The lowest BCUT2D eigenvalue weighted by Crippen LogP contribution is -2.42. The Morgan fingerprint density at radius 1 is 1.20 bits per heavy atom. The van der Waals surface area contributed by atoms with E-state index in [1.54, 1.807) is 0 Å². The molecule has 4 heteroatoms. The maximum absolute atomic E-state index is 12.6. The highest BCUT2D eigenvalue weighted by molar-refractivity contribution is 5.28. The van der Waals surface area contributed by atoms with Gasteiger partial charge in [-0.3, -0.25) is 0 Å². The summed E-state index contributed by atoms with van der Waals surface area (Å²) in [5.41, 5.74) is 9.70. The van der Waals surface area contributed by atoms with E-state index in [9.17, 15) is 8.78 Å². The number of halogens is 2. The Morgan fingerprint density at radius 3 is 1.70 bits per heavy atom. The smallest absolute Gasteiger partial charge is 0.270 e. The molecule has 0 radical (unpaired) electrons. The van der Waals surface area contributed by atoms with Crippen molar-refractivity contribution in [1.82, 2.24) is 0 Å². The summed E-state index contributed by atoms with van der Waals surface area (Å²) in [6, 6.07) is -0.959. The van der Waals surface area contributed by atoms with Crippen LogP contribution in [0.25, 0.3) is 0 Å². The van der Waals surface area contributed by atoms with Crippen LogP contribution in [0.5, 0.6) is 0 Å². The first kappa shape index (κ1) is 6.49. The maximum atomic E-state index is 12.6. The van der Waals surface area contributed by atoms with E-state index in [2.05, 4.69) is 0 Å². The zero-order valence-corrected chi connectivity index (χ0v) is 5.48. The van der Waals surface area contributed by atoms with E-state index in [1.807, 2.05) is 0 Å². The van der Waals surface area contributed by atoms with Gasteiger partial charge in [0.05, 0.1) is 11.5 Å². The third kappa shape index (κ3) is 0.432. The minimum Gasteiger partial charge on any atom is -0.328 e. The van der Waals surface area contributed by atoms with Gasteiger partial charge in [-0.05, 0) is 12.8 Å². The molecule has 2 aliphatic carbocycles.